The number of nitrogens with zero attached hydrogens (tertiary/aromatic N) is 1. The van der Waals surface area contributed by atoms with Gasteiger partial charge in [0.25, 0.3) is 0 Å². The number of hydrogen-bond acceptors (Lipinski definition) is 4. The molecule has 2 fully saturated rings. The molecule has 2 heterocycles. The molecule has 2 aliphatic rings. The first-order valence-electron chi connectivity index (χ1n) is 6.91. The predicted molar refractivity (Wildman–Crippen MR) is 70.1 cm³/mol. The van der Waals surface area contributed by atoms with E-state index in [9.17, 15) is 0 Å². The molecule has 0 aromatic rings. The summed E-state index contributed by atoms with van der Waals surface area (Å²) in [7, 11) is 1.76. The van der Waals surface area contributed by atoms with E-state index in [-0.39, 0.29) is 11.6 Å². The van der Waals surface area contributed by atoms with Gasteiger partial charge in [-0.3, -0.25) is 0 Å². The summed E-state index contributed by atoms with van der Waals surface area (Å²) in [5.41, 5.74) is 6.18. The lowest BCUT2D eigenvalue weighted by Gasteiger charge is -2.44. The normalized spacial score (nSPS) is 35.8. The topological polar surface area (TPSA) is 50.5 Å². The van der Waals surface area contributed by atoms with E-state index in [1.165, 1.54) is 38.8 Å². The van der Waals surface area contributed by atoms with Gasteiger partial charge in [0.1, 0.15) is 0 Å². The average Bonchev–Trinajstić information content (AvgIpc) is 2.82. The second-order valence-electron chi connectivity index (χ2n) is 5.70. The summed E-state index contributed by atoms with van der Waals surface area (Å²) >= 11 is 0. The predicted octanol–water partition coefficient (Wildman–Crippen LogP) is 0.567. The molecule has 0 spiro atoms. The minimum absolute atomic E-state index is 0.151. The molecule has 0 radical (unpaired) electrons. The number of hydrogen-bond donors (Lipinski definition) is 2. The second-order valence-corrected chi connectivity index (χ2v) is 5.70. The third-order valence-corrected chi connectivity index (χ3v) is 4.56. The van der Waals surface area contributed by atoms with Crippen molar-refractivity contribution in [3.05, 3.63) is 0 Å². The molecule has 0 saturated carbocycles. The number of piperidine rings is 1. The van der Waals surface area contributed by atoms with Crippen LogP contribution in [0.5, 0.6) is 0 Å². The van der Waals surface area contributed by atoms with Gasteiger partial charge in [-0.15, -0.1) is 0 Å². The van der Waals surface area contributed by atoms with E-state index in [1.807, 2.05) is 0 Å². The van der Waals surface area contributed by atoms with Crippen LogP contribution in [0, 0.1) is 0 Å². The summed E-state index contributed by atoms with van der Waals surface area (Å²) in [6.07, 6.45) is 5.36. The third kappa shape index (κ3) is 2.99. The summed E-state index contributed by atoms with van der Waals surface area (Å²) in [6.45, 7) is 6.24. The van der Waals surface area contributed by atoms with E-state index in [4.69, 9.17) is 10.5 Å². The highest BCUT2D eigenvalue weighted by molar-refractivity contribution is 5.00. The van der Waals surface area contributed by atoms with Crippen molar-refractivity contribution < 1.29 is 4.74 Å². The monoisotopic (exact) mass is 241 g/mol. The summed E-state index contributed by atoms with van der Waals surface area (Å²) in [4.78, 5) is 2.63. The SMILES string of the molecule is COC(C)CNC1(CN)CCN2CCCC2C1. The minimum Gasteiger partial charge on any atom is -0.380 e. The molecule has 0 aromatic carbocycles. The number of rotatable bonds is 5. The Kier molecular flexibility index (Phi) is 4.42. The van der Waals surface area contributed by atoms with Crippen LogP contribution in [0.25, 0.3) is 0 Å². The van der Waals surface area contributed by atoms with Gasteiger partial charge in [-0.1, -0.05) is 0 Å². The largest absolute Gasteiger partial charge is 0.380 e. The Morgan fingerprint density at radius 3 is 3.06 bits per heavy atom. The smallest absolute Gasteiger partial charge is 0.0667 e. The van der Waals surface area contributed by atoms with Crippen molar-refractivity contribution in [3.63, 3.8) is 0 Å². The van der Waals surface area contributed by atoms with Gasteiger partial charge < -0.3 is 20.7 Å². The average molecular weight is 241 g/mol. The molecular weight excluding hydrogens is 214 g/mol. The van der Waals surface area contributed by atoms with E-state index in [0.717, 1.165) is 19.1 Å². The Bertz CT molecular complexity index is 249. The maximum Gasteiger partial charge on any atom is 0.0667 e. The molecule has 2 rings (SSSR count). The van der Waals surface area contributed by atoms with Crippen LogP contribution in [0.15, 0.2) is 0 Å². The molecular formula is C13H27N3O. The van der Waals surface area contributed by atoms with Crippen molar-refractivity contribution in [3.8, 4) is 0 Å². The van der Waals surface area contributed by atoms with Crippen molar-refractivity contribution >= 4 is 0 Å². The summed E-state index contributed by atoms with van der Waals surface area (Å²) in [6, 6.07) is 0.762. The Hall–Kier alpha value is -0.160. The number of fused-ring (bicyclic) bond motifs is 1. The quantitative estimate of drug-likeness (QED) is 0.739. The van der Waals surface area contributed by atoms with Gasteiger partial charge in [-0.05, 0) is 39.2 Å². The van der Waals surface area contributed by atoms with Crippen molar-refractivity contribution in [2.75, 3.05) is 33.3 Å². The van der Waals surface area contributed by atoms with Crippen LogP contribution in [0.1, 0.15) is 32.6 Å². The molecule has 4 nitrogen and oxygen atoms in total. The summed E-state index contributed by atoms with van der Waals surface area (Å²) < 4.78 is 5.30. The molecule has 3 atom stereocenters. The minimum atomic E-state index is 0.151. The fourth-order valence-corrected chi connectivity index (χ4v) is 3.19. The molecule has 3 unspecified atom stereocenters. The molecule has 0 aromatic heterocycles. The zero-order chi connectivity index (χ0) is 12.3. The first kappa shape index (κ1) is 13.3. The van der Waals surface area contributed by atoms with Crippen LogP contribution < -0.4 is 11.1 Å². The summed E-state index contributed by atoms with van der Waals surface area (Å²) in [5, 5.41) is 3.67. The van der Waals surface area contributed by atoms with Crippen molar-refractivity contribution in [2.24, 2.45) is 5.73 Å². The third-order valence-electron chi connectivity index (χ3n) is 4.56. The first-order valence-corrected chi connectivity index (χ1v) is 6.91. The summed E-state index contributed by atoms with van der Waals surface area (Å²) in [5.74, 6) is 0. The van der Waals surface area contributed by atoms with Gasteiger partial charge in [-0.2, -0.15) is 0 Å². The van der Waals surface area contributed by atoms with Crippen LogP contribution in [-0.2, 0) is 4.74 Å². The van der Waals surface area contributed by atoms with Gasteiger partial charge in [0.2, 0.25) is 0 Å². The number of nitrogens with two attached hydrogens (primary N) is 1. The van der Waals surface area contributed by atoms with Gasteiger partial charge in [0.15, 0.2) is 0 Å². The lowest BCUT2D eigenvalue weighted by molar-refractivity contribution is 0.0770. The highest BCUT2D eigenvalue weighted by Crippen LogP contribution is 2.32. The van der Waals surface area contributed by atoms with E-state index < -0.39 is 0 Å². The van der Waals surface area contributed by atoms with E-state index in [2.05, 4.69) is 17.1 Å². The zero-order valence-corrected chi connectivity index (χ0v) is 11.2. The lowest BCUT2D eigenvalue weighted by Crippen LogP contribution is -2.60. The Morgan fingerprint density at radius 2 is 2.35 bits per heavy atom. The molecule has 0 bridgehead atoms. The highest BCUT2D eigenvalue weighted by atomic mass is 16.5. The molecule has 100 valence electrons. The van der Waals surface area contributed by atoms with Crippen molar-refractivity contribution in [1.82, 2.24) is 10.2 Å². The number of nitrogens with one attached hydrogen (secondary N) is 1. The molecule has 0 aliphatic carbocycles. The van der Waals surface area contributed by atoms with Gasteiger partial charge in [0.05, 0.1) is 6.10 Å². The van der Waals surface area contributed by atoms with Crippen LogP contribution in [0.4, 0.5) is 0 Å². The van der Waals surface area contributed by atoms with E-state index in [1.54, 1.807) is 7.11 Å². The first-order chi connectivity index (χ1) is 8.19. The van der Waals surface area contributed by atoms with Crippen LogP contribution >= 0.6 is 0 Å². The van der Waals surface area contributed by atoms with E-state index >= 15 is 0 Å². The van der Waals surface area contributed by atoms with Crippen LogP contribution in [0.2, 0.25) is 0 Å². The Balaban J connectivity index is 1.90. The Labute approximate surface area is 105 Å². The fraction of sp³-hybridized carbons (Fsp3) is 1.00. The van der Waals surface area contributed by atoms with Gasteiger partial charge in [-0.25, -0.2) is 0 Å². The molecule has 4 heteroatoms. The second kappa shape index (κ2) is 5.65. The maximum atomic E-state index is 6.03. The van der Waals surface area contributed by atoms with Crippen LogP contribution in [-0.4, -0.2) is 55.9 Å². The number of methoxy groups -OCH3 is 1. The van der Waals surface area contributed by atoms with Crippen molar-refractivity contribution in [2.45, 2.75) is 50.3 Å². The maximum absolute atomic E-state index is 6.03. The van der Waals surface area contributed by atoms with Gasteiger partial charge in [0, 0.05) is 38.3 Å². The Morgan fingerprint density at radius 1 is 1.53 bits per heavy atom. The van der Waals surface area contributed by atoms with Gasteiger partial charge >= 0.3 is 0 Å². The molecule has 0 amide bonds. The fourth-order valence-electron chi connectivity index (χ4n) is 3.19. The molecule has 2 aliphatic heterocycles. The zero-order valence-electron chi connectivity index (χ0n) is 11.2. The standard InChI is InChI=1S/C13H27N3O/c1-11(17-2)9-15-13(10-14)5-7-16-6-3-4-12(16)8-13/h11-12,15H,3-10,14H2,1-2H3. The molecule has 17 heavy (non-hydrogen) atoms. The van der Waals surface area contributed by atoms with Crippen molar-refractivity contribution in [1.29, 1.82) is 0 Å². The highest BCUT2D eigenvalue weighted by Gasteiger charge is 2.40. The van der Waals surface area contributed by atoms with Crippen LogP contribution in [0.3, 0.4) is 0 Å². The van der Waals surface area contributed by atoms with E-state index in [0.29, 0.717) is 0 Å². The molecule has 2 saturated heterocycles. The lowest BCUT2D eigenvalue weighted by atomic mass is 9.83. The number of ether oxygens (including phenoxy) is 1. The molecule has 3 N–H and O–H groups in total.